The molecule has 110 valence electrons. The van der Waals surface area contributed by atoms with Crippen molar-refractivity contribution in [2.75, 3.05) is 11.6 Å². The first-order valence-corrected chi connectivity index (χ1v) is 8.29. The molecule has 1 aromatic rings. The second-order valence-electron chi connectivity index (χ2n) is 5.02. The molecular formula is C14H18F2N2S2. The van der Waals surface area contributed by atoms with Gasteiger partial charge in [-0.3, -0.25) is 0 Å². The lowest BCUT2D eigenvalue weighted by atomic mass is 9.94. The van der Waals surface area contributed by atoms with Crippen LogP contribution in [0.3, 0.4) is 0 Å². The van der Waals surface area contributed by atoms with Crippen molar-refractivity contribution in [3.63, 3.8) is 0 Å². The van der Waals surface area contributed by atoms with Gasteiger partial charge in [0.05, 0.1) is 5.69 Å². The first-order chi connectivity index (χ1) is 9.52. The molecule has 20 heavy (non-hydrogen) atoms. The Morgan fingerprint density at radius 3 is 2.75 bits per heavy atom. The van der Waals surface area contributed by atoms with E-state index in [0.29, 0.717) is 5.25 Å². The summed E-state index contributed by atoms with van der Waals surface area (Å²) < 4.78 is 27.8. The molecule has 0 heterocycles. The summed E-state index contributed by atoms with van der Waals surface area (Å²) in [6.07, 6.45) is 6.34. The van der Waals surface area contributed by atoms with Crippen molar-refractivity contribution in [2.24, 2.45) is 5.73 Å². The predicted molar refractivity (Wildman–Crippen MR) is 85.4 cm³/mol. The van der Waals surface area contributed by atoms with E-state index in [9.17, 15) is 8.78 Å². The molecule has 0 saturated heterocycles. The number of hydrogen-bond acceptors (Lipinski definition) is 3. The van der Waals surface area contributed by atoms with Crippen molar-refractivity contribution < 1.29 is 8.78 Å². The maximum absolute atomic E-state index is 14.0. The molecule has 2 nitrogen and oxygen atoms in total. The predicted octanol–water partition coefficient (Wildman–Crippen LogP) is 3.69. The number of thiocarbonyl (C=S) groups is 1. The Labute approximate surface area is 127 Å². The van der Waals surface area contributed by atoms with Crippen LogP contribution in [0, 0.1) is 11.6 Å². The topological polar surface area (TPSA) is 38.0 Å². The molecular weight excluding hydrogens is 298 g/mol. The molecule has 0 bridgehead atoms. The van der Waals surface area contributed by atoms with E-state index in [2.05, 4.69) is 11.6 Å². The molecule has 2 atom stereocenters. The van der Waals surface area contributed by atoms with Crippen molar-refractivity contribution in [1.29, 1.82) is 0 Å². The van der Waals surface area contributed by atoms with Crippen LogP contribution in [0.25, 0.3) is 0 Å². The van der Waals surface area contributed by atoms with Crippen LogP contribution in [0.5, 0.6) is 0 Å². The van der Waals surface area contributed by atoms with Gasteiger partial charge >= 0.3 is 0 Å². The molecule has 0 amide bonds. The molecule has 3 N–H and O–H groups in total. The lowest BCUT2D eigenvalue weighted by Crippen LogP contribution is -2.29. The van der Waals surface area contributed by atoms with Gasteiger partial charge in [-0.25, -0.2) is 8.78 Å². The smallest absolute Gasteiger partial charge is 0.182 e. The average molecular weight is 316 g/mol. The molecule has 0 spiro atoms. The van der Waals surface area contributed by atoms with Gasteiger partial charge in [0.2, 0.25) is 0 Å². The van der Waals surface area contributed by atoms with Crippen molar-refractivity contribution in [3.8, 4) is 0 Å². The van der Waals surface area contributed by atoms with E-state index in [1.165, 1.54) is 18.6 Å². The summed E-state index contributed by atoms with van der Waals surface area (Å²) in [5, 5.41) is 3.70. The second kappa shape index (κ2) is 6.72. The summed E-state index contributed by atoms with van der Waals surface area (Å²) in [5.74, 6) is -1.87. The second-order valence-corrected chi connectivity index (χ2v) is 6.60. The van der Waals surface area contributed by atoms with Gasteiger partial charge in [0.1, 0.15) is 4.99 Å². The van der Waals surface area contributed by atoms with Crippen molar-refractivity contribution in [3.05, 3.63) is 29.3 Å². The van der Waals surface area contributed by atoms with Gasteiger partial charge in [-0.2, -0.15) is 11.8 Å². The molecule has 0 radical (unpaired) electrons. The first kappa shape index (κ1) is 15.5. The number of anilines is 1. The Balaban J connectivity index is 2.14. The molecule has 1 aliphatic carbocycles. The maximum atomic E-state index is 14.0. The van der Waals surface area contributed by atoms with Crippen LogP contribution < -0.4 is 11.1 Å². The maximum Gasteiger partial charge on any atom is 0.182 e. The number of hydrogen-bond donors (Lipinski definition) is 2. The van der Waals surface area contributed by atoms with Crippen LogP contribution in [0.1, 0.15) is 31.2 Å². The lowest BCUT2D eigenvalue weighted by molar-refractivity contribution is 0.466. The minimum Gasteiger partial charge on any atom is -0.389 e. The SMILES string of the molecule is CSC1CCCC(Nc2ccc(C(N)=S)c(F)c2F)C1. The van der Waals surface area contributed by atoms with Gasteiger partial charge in [-0.15, -0.1) is 0 Å². The van der Waals surface area contributed by atoms with Crippen LogP contribution in [0.15, 0.2) is 12.1 Å². The summed E-state index contributed by atoms with van der Waals surface area (Å²) in [6, 6.07) is 3.12. The summed E-state index contributed by atoms with van der Waals surface area (Å²) in [5.41, 5.74) is 5.50. The summed E-state index contributed by atoms with van der Waals surface area (Å²) in [4.78, 5) is -0.131. The Bertz CT molecular complexity index is 508. The first-order valence-electron chi connectivity index (χ1n) is 6.60. The van der Waals surface area contributed by atoms with E-state index in [-0.39, 0.29) is 22.3 Å². The van der Waals surface area contributed by atoms with Crippen LogP contribution >= 0.6 is 24.0 Å². The standard InChI is InChI=1S/C14H18F2N2S2/c1-20-9-4-2-3-8(7-9)18-11-6-5-10(14(17)19)12(15)13(11)16/h5-6,8-9,18H,2-4,7H2,1H3,(H2,17,19). The van der Waals surface area contributed by atoms with E-state index in [1.807, 2.05) is 11.8 Å². The monoisotopic (exact) mass is 316 g/mol. The molecule has 1 aromatic carbocycles. The van der Waals surface area contributed by atoms with E-state index in [0.717, 1.165) is 19.3 Å². The highest BCUT2D eigenvalue weighted by Gasteiger charge is 2.23. The fourth-order valence-electron chi connectivity index (χ4n) is 2.56. The number of nitrogens with one attached hydrogen (secondary N) is 1. The Morgan fingerprint density at radius 2 is 2.10 bits per heavy atom. The molecule has 1 saturated carbocycles. The quantitative estimate of drug-likeness (QED) is 0.831. The Morgan fingerprint density at radius 1 is 1.35 bits per heavy atom. The van der Waals surface area contributed by atoms with Crippen LogP contribution in [-0.2, 0) is 0 Å². The van der Waals surface area contributed by atoms with Crippen LogP contribution in [0.2, 0.25) is 0 Å². The zero-order valence-corrected chi connectivity index (χ0v) is 12.9. The average Bonchev–Trinajstić information content (AvgIpc) is 2.44. The van der Waals surface area contributed by atoms with Crippen LogP contribution in [-0.4, -0.2) is 22.5 Å². The summed E-state index contributed by atoms with van der Waals surface area (Å²) in [7, 11) is 0. The molecule has 0 aliphatic heterocycles. The minimum absolute atomic E-state index is 0.0475. The zero-order chi connectivity index (χ0) is 14.7. The molecule has 2 unspecified atom stereocenters. The van der Waals surface area contributed by atoms with E-state index >= 15 is 0 Å². The number of rotatable bonds is 4. The lowest BCUT2D eigenvalue weighted by Gasteiger charge is -2.29. The van der Waals surface area contributed by atoms with Crippen molar-refractivity contribution >= 4 is 34.7 Å². The third-order valence-corrected chi connectivity index (χ3v) is 4.98. The third kappa shape index (κ3) is 3.41. The summed E-state index contributed by atoms with van der Waals surface area (Å²) >= 11 is 6.53. The Hall–Kier alpha value is -0.880. The summed E-state index contributed by atoms with van der Waals surface area (Å²) in [6.45, 7) is 0. The highest BCUT2D eigenvalue weighted by molar-refractivity contribution is 7.99. The highest BCUT2D eigenvalue weighted by atomic mass is 32.2. The van der Waals surface area contributed by atoms with E-state index in [4.69, 9.17) is 18.0 Å². The third-order valence-electron chi connectivity index (χ3n) is 3.67. The van der Waals surface area contributed by atoms with Gasteiger partial charge < -0.3 is 11.1 Å². The van der Waals surface area contributed by atoms with E-state index in [1.54, 1.807) is 0 Å². The number of thioether (sulfide) groups is 1. The zero-order valence-electron chi connectivity index (χ0n) is 11.3. The van der Waals surface area contributed by atoms with Crippen molar-refractivity contribution in [2.45, 2.75) is 37.0 Å². The number of nitrogens with two attached hydrogens (primary N) is 1. The number of halogens is 2. The molecule has 2 rings (SSSR count). The Kier molecular flexibility index (Phi) is 5.21. The highest BCUT2D eigenvalue weighted by Crippen LogP contribution is 2.30. The molecule has 1 fully saturated rings. The van der Waals surface area contributed by atoms with Crippen LogP contribution in [0.4, 0.5) is 14.5 Å². The fourth-order valence-corrected chi connectivity index (χ4v) is 3.55. The minimum atomic E-state index is -0.972. The molecule has 1 aliphatic rings. The fraction of sp³-hybridized carbons (Fsp3) is 0.500. The molecule has 0 aromatic heterocycles. The van der Waals surface area contributed by atoms with Gasteiger partial charge in [0.15, 0.2) is 11.6 Å². The van der Waals surface area contributed by atoms with Gasteiger partial charge in [-0.05, 0) is 37.7 Å². The van der Waals surface area contributed by atoms with Crippen molar-refractivity contribution in [1.82, 2.24) is 0 Å². The largest absolute Gasteiger partial charge is 0.389 e. The van der Waals surface area contributed by atoms with Gasteiger partial charge in [-0.1, -0.05) is 18.6 Å². The van der Waals surface area contributed by atoms with E-state index < -0.39 is 11.6 Å². The molecule has 6 heteroatoms. The number of benzene rings is 1. The van der Waals surface area contributed by atoms with Gasteiger partial charge in [0.25, 0.3) is 0 Å². The van der Waals surface area contributed by atoms with Gasteiger partial charge in [0, 0.05) is 16.9 Å². The normalized spacial score (nSPS) is 22.6.